The van der Waals surface area contributed by atoms with Gasteiger partial charge in [-0.1, -0.05) is 24.3 Å². The molecular formula is C25H29N5O2. The second-order valence-corrected chi connectivity index (χ2v) is 8.84. The molecule has 3 aromatic rings. The number of carbonyl (C=O) groups excluding carboxylic acids is 1. The first kappa shape index (κ1) is 20.7. The lowest BCUT2D eigenvalue weighted by atomic mass is 9.98. The van der Waals surface area contributed by atoms with Crippen LogP contribution in [0.1, 0.15) is 25.8 Å². The van der Waals surface area contributed by atoms with Gasteiger partial charge in [0.1, 0.15) is 11.9 Å². The number of furan rings is 1. The van der Waals surface area contributed by atoms with Gasteiger partial charge in [-0.2, -0.15) is 0 Å². The Morgan fingerprint density at radius 3 is 2.62 bits per heavy atom. The molecule has 0 spiro atoms. The molecule has 7 nitrogen and oxygen atoms in total. The third-order valence-electron chi connectivity index (χ3n) is 6.72. The fourth-order valence-electron chi connectivity index (χ4n) is 4.98. The Hall–Kier alpha value is -3.19. The SMILES string of the molecule is C[C@@H]1CN(c2cncnc2)C[C@H](C)N1CC(=O)N1CC=C(c2cccc3ccoc23)CC1. The topological polar surface area (TPSA) is 65.7 Å². The second kappa shape index (κ2) is 8.74. The first-order valence-electron chi connectivity index (χ1n) is 11.3. The van der Waals surface area contributed by atoms with E-state index in [0.29, 0.717) is 13.1 Å². The van der Waals surface area contributed by atoms with Crippen LogP contribution in [0.25, 0.3) is 16.5 Å². The van der Waals surface area contributed by atoms with Crippen molar-refractivity contribution in [2.45, 2.75) is 32.4 Å². The summed E-state index contributed by atoms with van der Waals surface area (Å²) < 4.78 is 5.70. The molecule has 2 aromatic heterocycles. The highest BCUT2D eigenvalue weighted by Gasteiger charge is 2.32. The fraction of sp³-hybridized carbons (Fsp3) is 0.400. The first-order valence-corrected chi connectivity index (χ1v) is 11.3. The molecule has 32 heavy (non-hydrogen) atoms. The number of benzene rings is 1. The maximum Gasteiger partial charge on any atom is 0.237 e. The van der Waals surface area contributed by atoms with E-state index in [1.807, 2.05) is 23.4 Å². The molecule has 5 rings (SSSR count). The summed E-state index contributed by atoms with van der Waals surface area (Å²) in [5.41, 5.74) is 4.37. The fourth-order valence-corrected chi connectivity index (χ4v) is 4.98. The van der Waals surface area contributed by atoms with Gasteiger partial charge in [-0.25, -0.2) is 9.97 Å². The molecule has 0 aliphatic carbocycles. The highest BCUT2D eigenvalue weighted by atomic mass is 16.3. The minimum absolute atomic E-state index is 0.201. The Bertz CT molecular complexity index is 1110. The van der Waals surface area contributed by atoms with E-state index in [0.717, 1.165) is 48.3 Å². The number of carbonyl (C=O) groups is 1. The largest absolute Gasteiger partial charge is 0.464 e. The summed E-state index contributed by atoms with van der Waals surface area (Å²) in [5.74, 6) is 0.201. The van der Waals surface area contributed by atoms with E-state index in [9.17, 15) is 4.79 Å². The van der Waals surface area contributed by atoms with Gasteiger partial charge in [0.2, 0.25) is 5.91 Å². The number of para-hydroxylation sites is 1. The molecule has 4 heterocycles. The predicted octanol–water partition coefficient (Wildman–Crippen LogP) is 3.44. The second-order valence-electron chi connectivity index (χ2n) is 8.84. The van der Waals surface area contributed by atoms with Crippen LogP contribution in [-0.4, -0.2) is 70.5 Å². The van der Waals surface area contributed by atoms with Crippen LogP contribution >= 0.6 is 0 Å². The monoisotopic (exact) mass is 431 g/mol. The summed E-state index contributed by atoms with van der Waals surface area (Å²) in [4.78, 5) is 28.0. The van der Waals surface area contributed by atoms with Crippen molar-refractivity contribution in [3.8, 4) is 0 Å². The van der Waals surface area contributed by atoms with Gasteiger partial charge < -0.3 is 14.2 Å². The van der Waals surface area contributed by atoms with Crippen LogP contribution in [-0.2, 0) is 4.79 Å². The number of hydrogen-bond donors (Lipinski definition) is 0. The average Bonchev–Trinajstić information content (AvgIpc) is 3.31. The molecule has 0 saturated carbocycles. The van der Waals surface area contributed by atoms with Crippen LogP contribution in [0.4, 0.5) is 5.69 Å². The maximum atomic E-state index is 13.1. The zero-order valence-corrected chi connectivity index (χ0v) is 18.6. The molecule has 7 heteroatoms. The number of rotatable bonds is 4. The van der Waals surface area contributed by atoms with Crippen molar-refractivity contribution in [1.29, 1.82) is 0 Å². The molecule has 0 unspecified atom stereocenters. The molecule has 1 aromatic carbocycles. The van der Waals surface area contributed by atoms with Crippen molar-refractivity contribution in [2.75, 3.05) is 37.6 Å². The van der Waals surface area contributed by atoms with Crippen molar-refractivity contribution < 1.29 is 9.21 Å². The van der Waals surface area contributed by atoms with Crippen molar-refractivity contribution >= 4 is 28.1 Å². The average molecular weight is 432 g/mol. The first-order chi connectivity index (χ1) is 15.6. The van der Waals surface area contributed by atoms with Crippen molar-refractivity contribution in [1.82, 2.24) is 19.8 Å². The number of amides is 1. The lowest BCUT2D eigenvalue weighted by molar-refractivity contribution is -0.133. The summed E-state index contributed by atoms with van der Waals surface area (Å²) >= 11 is 0. The summed E-state index contributed by atoms with van der Waals surface area (Å²) in [6.07, 6.45) is 10.0. The standard InChI is InChI=1S/C25H29N5O2/c1-18-14-29(22-12-26-17-27-13-22)15-19(2)30(18)16-24(31)28-9-6-20(7-10-28)23-5-3-4-21-8-11-32-25(21)23/h3-6,8,11-13,17-19H,7,9-10,14-16H2,1-2H3/t18-,19+. The Morgan fingerprint density at radius 2 is 1.91 bits per heavy atom. The van der Waals surface area contributed by atoms with Crippen LogP contribution in [0.5, 0.6) is 0 Å². The zero-order chi connectivity index (χ0) is 22.1. The van der Waals surface area contributed by atoms with E-state index in [1.54, 1.807) is 12.6 Å². The van der Waals surface area contributed by atoms with E-state index >= 15 is 0 Å². The summed E-state index contributed by atoms with van der Waals surface area (Å²) in [6.45, 7) is 7.96. The predicted molar refractivity (Wildman–Crippen MR) is 125 cm³/mol. The van der Waals surface area contributed by atoms with Gasteiger partial charge in [0, 0.05) is 49.2 Å². The lowest BCUT2D eigenvalue weighted by Gasteiger charge is -2.45. The summed E-state index contributed by atoms with van der Waals surface area (Å²) in [6, 6.07) is 8.77. The Labute approximate surface area is 188 Å². The highest BCUT2D eigenvalue weighted by Crippen LogP contribution is 2.30. The van der Waals surface area contributed by atoms with Crippen molar-refractivity contribution in [3.05, 3.63) is 60.9 Å². The number of aromatic nitrogens is 2. The van der Waals surface area contributed by atoms with Crippen molar-refractivity contribution in [2.24, 2.45) is 0 Å². The van der Waals surface area contributed by atoms with E-state index < -0.39 is 0 Å². The normalized spacial score (nSPS) is 22.2. The van der Waals surface area contributed by atoms with Gasteiger partial charge in [-0.3, -0.25) is 9.69 Å². The highest BCUT2D eigenvalue weighted by molar-refractivity contribution is 5.90. The van der Waals surface area contributed by atoms with E-state index in [2.05, 4.69) is 57.9 Å². The third kappa shape index (κ3) is 4.00. The third-order valence-corrected chi connectivity index (χ3v) is 6.72. The van der Waals surface area contributed by atoms with Gasteiger partial charge in [0.25, 0.3) is 0 Å². The number of nitrogens with zero attached hydrogens (tertiary/aromatic N) is 5. The van der Waals surface area contributed by atoms with Crippen LogP contribution < -0.4 is 4.90 Å². The molecule has 2 aliphatic rings. The molecule has 1 fully saturated rings. The minimum Gasteiger partial charge on any atom is -0.464 e. The number of anilines is 1. The molecule has 0 N–H and O–H groups in total. The van der Waals surface area contributed by atoms with Gasteiger partial charge in [-0.15, -0.1) is 0 Å². The molecule has 2 aliphatic heterocycles. The van der Waals surface area contributed by atoms with Crippen LogP contribution in [0, 0.1) is 0 Å². The molecule has 1 saturated heterocycles. The molecule has 2 atom stereocenters. The number of hydrogen-bond acceptors (Lipinski definition) is 6. The lowest BCUT2D eigenvalue weighted by Crippen LogP contribution is -2.59. The van der Waals surface area contributed by atoms with E-state index in [-0.39, 0.29) is 18.0 Å². The Balaban J connectivity index is 1.22. The number of piperazine rings is 1. The van der Waals surface area contributed by atoms with Crippen LogP contribution in [0.3, 0.4) is 0 Å². The van der Waals surface area contributed by atoms with Gasteiger partial charge in [0.05, 0.1) is 30.9 Å². The maximum absolute atomic E-state index is 13.1. The minimum atomic E-state index is 0.201. The molecule has 0 bridgehead atoms. The number of fused-ring (bicyclic) bond motifs is 1. The summed E-state index contributed by atoms with van der Waals surface area (Å²) in [5, 5.41) is 1.12. The summed E-state index contributed by atoms with van der Waals surface area (Å²) in [7, 11) is 0. The zero-order valence-electron chi connectivity index (χ0n) is 18.6. The molecular weight excluding hydrogens is 402 g/mol. The Kier molecular flexibility index (Phi) is 5.66. The van der Waals surface area contributed by atoms with Crippen LogP contribution in [0.2, 0.25) is 0 Å². The van der Waals surface area contributed by atoms with E-state index in [1.165, 1.54) is 5.57 Å². The smallest absolute Gasteiger partial charge is 0.237 e. The van der Waals surface area contributed by atoms with E-state index in [4.69, 9.17) is 4.42 Å². The van der Waals surface area contributed by atoms with Gasteiger partial charge in [0.15, 0.2) is 0 Å². The van der Waals surface area contributed by atoms with Gasteiger partial charge >= 0.3 is 0 Å². The Morgan fingerprint density at radius 1 is 1.12 bits per heavy atom. The van der Waals surface area contributed by atoms with Crippen LogP contribution in [0.15, 0.2) is 59.7 Å². The van der Waals surface area contributed by atoms with Gasteiger partial charge in [-0.05, 0) is 31.9 Å². The van der Waals surface area contributed by atoms with Crippen molar-refractivity contribution in [3.63, 3.8) is 0 Å². The quantitative estimate of drug-likeness (QED) is 0.631. The molecule has 166 valence electrons. The molecule has 0 radical (unpaired) electrons. The molecule has 1 amide bonds.